The van der Waals surface area contributed by atoms with Crippen LogP contribution < -0.4 is 10.0 Å². The Morgan fingerprint density at radius 2 is 1.95 bits per heavy atom. The number of nitrogens with one attached hydrogen (secondary N) is 2. The molecule has 2 N–H and O–H groups in total. The second-order valence-corrected chi connectivity index (χ2v) is 8.39. The van der Waals surface area contributed by atoms with Crippen LogP contribution in [0.1, 0.15) is 32.1 Å². The summed E-state index contributed by atoms with van der Waals surface area (Å²) in [5.41, 5.74) is 0. The van der Waals surface area contributed by atoms with Crippen LogP contribution in [0, 0.1) is 11.8 Å². The second-order valence-electron chi connectivity index (χ2n) is 6.63. The van der Waals surface area contributed by atoms with Crippen molar-refractivity contribution in [3.8, 4) is 0 Å². The predicted molar refractivity (Wildman–Crippen MR) is 81.2 cm³/mol. The van der Waals surface area contributed by atoms with Gasteiger partial charge < -0.3 is 10.1 Å². The summed E-state index contributed by atoms with van der Waals surface area (Å²) in [6.45, 7) is 4.19. The SMILES string of the molecule is O=S(=O)(NCC1CCOC1)N1CCCC(CNC2CC2)C1. The van der Waals surface area contributed by atoms with Crippen molar-refractivity contribution in [3.05, 3.63) is 0 Å². The number of hydrogen-bond acceptors (Lipinski definition) is 4. The van der Waals surface area contributed by atoms with E-state index in [0.29, 0.717) is 44.1 Å². The highest BCUT2D eigenvalue weighted by atomic mass is 32.2. The molecule has 122 valence electrons. The fourth-order valence-electron chi connectivity index (χ4n) is 3.09. The maximum atomic E-state index is 12.4. The molecule has 0 aromatic carbocycles. The van der Waals surface area contributed by atoms with E-state index in [1.165, 1.54) is 12.8 Å². The first kappa shape index (κ1) is 15.7. The van der Waals surface area contributed by atoms with Crippen molar-refractivity contribution >= 4 is 10.2 Å². The maximum absolute atomic E-state index is 12.4. The number of hydrogen-bond donors (Lipinski definition) is 2. The van der Waals surface area contributed by atoms with Crippen LogP contribution in [0.15, 0.2) is 0 Å². The van der Waals surface area contributed by atoms with Crippen molar-refractivity contribution in [2.45, 2.75) is 38.1 Å². The van der Waals surface area contributed by atoms with Gasteiger partial charge in [0.05, 0.1) is 6.61 Å². The Bertz CT molecular complexity index is 433. The van der Waals surface area contributed by atoms with Crippen LogP contribution in [0.25, 0.3) is 0 Å². The third-order valence-corrected chi connectivity index (χ3v) is 6.22. The van der Waals surface area contributed by atoms with E-state index in [1.807, 2.05) is 0 Å². The Kier molecular flexibility index (Phi) is 5.16. The molecule has 3 rings (SSSR count). The van der Waals surface area contributed by atoms with Crippen LogP contribution in [-0.2, 0) is 14.9 Å². The van der Waals surface area contributed by atoms with Crippen molar-refractivity contribution in [1.82, 2.24) is 14.3 Å². The van der Waals surface area contributed by atoms with Crippen LogP contribution in [0.5, 0.6) is 0 Å². The lowest BCUT2D eigenvalue weighted by molar-refractivity contribution is 0.186. The third kappa shape index (κ3) is 4.63. The minimum atomic E-state index is -3.33. The average molecular weight is 317 g/mol. The minimum absolute atomic E-state index is 0.330. The molecule has 0 radical (unpaired) electrons. The smallest absolute Gasteiger partial charge is 0.279 e. The van der Waals surface area contributed by atoms with Crippen molar-refractivity contribution < 1.29 is 13.2 Å². The second kappa shape index (κ2) is 6.91. The Labute approximate surface area is 127 Å². The first-order chi connectivity index (χ1) is 10.1. The zero-order valence-corrected chi connectivity index (χ0v) is 13.4. The summed E-state index contributed by atoms with van der Waals surface area (Å²) in [5, 5.41) is 3.52. The van der Waals surface area contributed by atoms with Crippen LogP contribution in [-0.4, -0.2) is 58.2 Å². The number of rotatable bonds is 7. The molecule has 2 heterocycles. The van der Waals surface area contributed by atoms with Gasteiger partial charge in [0, 0.05) is 32.3 Å². The van der Waals surface area contributed by atoms with Gasteiger partial charge in [0.25, 0.3) is 10.2 Å². The Morgan fingerprint density at radius 1 is 1.10 bits per heavy atom. The third-order valence-electron chi connectivity index (χ3n) is 4.67. The van der Waals surface area contributed by atoms with Gasteiger partial charge >= 0.3 is 0 Å². The summed E-state index contributed by atoms with van der Waals surface area (Å²) in [6, 6.07) is 0.692. The molecule has 0 amide bonds. The molecule has 2 unspecified atom stereocenters. The van der Waals surface area contributed by atoms with Gasteiger partial charge in [0.1, 0.15) is 0 Å². The summed E-state index contributed by atoms with van der Waals surface area (Å²) in [5.74, 6) is 0.780. The van der Waals surface area contributed by atoms with Crippen molar-refractivity contribution in [1.29, 1.82) is 0 Å². The first-order valence-corrected chi connectivity index (χ1v) is 9.63. The highest BCUT2D eigenvalue weighted by Gasteiger charge is 2.30. The molecule has 0 spiro atoms. The normalized spacial score (nSPS) is 31.6. The lowest BCUT2D eigenvalue weighted by Gasteiger charge is -2.32. The molecule has 7 heteroatoms. The van der Waals surface area contributed by atoms with Gasteiger partial charge in [-0.3, -0.25) is 0 Å². The molecule has 0 bridgehead atoms. The van der Waals surface area contributed by atoms with Crippen molar-refractivity contribution in [2.75, 3.05) is 39.4 Å². The van der Waals surface area contributed by atoms with E-state index in [9.17, 15) is 8.42 Å². The van der Waals surface area contributed by atoms with E-state index in [4.69, 9.17) is 4.74 Å². The van der Waals surface area contributed by atoms with Crippen LogP contribution >= 0.6 is 0 Å². The van der Waals surface area contributed by atoms with Gasteiger partial charge in [-0.2, -0.15) is 12.7 Å². The van der Waals surface area contributed by atoms with Crippen LogP contribution in [0.3, 0.4) is 0 Å². The van der Waals surface area contributed by atoms with E-state index >= 15 is 0 Å². The minimum Gasteiger partial charge on any atom is -0.381 e. The molecular weight excluding hydrogens is 290 g/mol. The van der Waals surface area contributed by atoms with E-state index < -0.39 is 10.2 Å². The first-order valence-electron chi connectivity index (χ1n) is 8.19. The molecule has 2 aliphatic heterocycles. The summed E-state index contributed by atoms with van der Waals surface area (Å²) in [6.07, 6.45) is 5.60. The van der Waals surface area contributed by atoms with Gasteiger partial charge in [0.2, 0.25) is 0 Å². The van der Waals surface area contributed by atoms with Gasteiger partial charge in [-0.15, -0.1) is 0 Å². The highest BCUT2D eigenvalue weighted by Crippen LogP contribution is 2.22. The van der Waals surface area contributed by atoms with E-state index in [1.54, 1.807) is 4.31 Å². The molecule has 1 aliphatic carbocycles. The molecule has 0 aromatic heterocycles. The summed E-state index contributed by atoms with van der Waals surface area (Å²) < 4.78 is 34.5. The number of ether oxygens (including phenoxy) is 1. The Hall–Kier alpha value is -0.210. The van der Waals surface area contributed by atoms with E-state index in [0.717, 1.165) is 32.4 Å². The topological polar surface area (TPSA) is 70.7 Å². The molecule has 6 nitrogen and oxygen atoms in total. The largest absolute Gasteiger partial charge is 0.381 e. The Balaban J connectivity index is 1.46. The molecule has 1 saturated carbocycles. The van der Waals surface area contributed by atoms with E-state index in [-0.39, 0.29) is 0 Å². The maximum Gasteiger partial charge on any atom is 0.279 e. The lowest BCUT2D eigenvalue weighted by atomic mass is 10.00. The van der Waals surface area contributed by atoms with Gasteiger partial charge in [-0.25, -0.2) is 4.72 Å². The molecule has 0 aromatic rings. The average Bonchev–Trinajstić information content (AvgIpc) is 3.17. The molecular formula is C14H27N3O3S. The standard InChI is InChI=1S/C14H27N3O3S/c18-21(19,16-9-13-5-7-20-11-13)17-6-1-2-12(10-17)8-15-14-3-4-14/h12-16H,1-11H2. The van der Waals surface area contributed by atoms with Crippen molar-refractivity contribution in [2.24, 2.45) is 11.8 Å². The summed E-state index contributed by atoms with van der Waals surface area (Å²) >= 11 is 0. The number of nitrogens with zero attached hydrogens (tertiary/aromatic N) is 1. The number of piperidine rings is 1. The fourth-order valence-corrected chi connectivity index (χ4v) is 4.50. The molecule has 2 saturated heterocycles. The summed E-state index contributed by atoms with van der Waals surface area (Å²) in [4.78, 5) is 0. The summed E-state index contributed by atoms with van der Waals surface area (Å²) in [7, 11) is -3.33. The van der Waals surface area contributed by atoms with Gasteiger partial charge in [-0.1, -0.05) is 0 Å². The highest BCUT2D eigenvalue weighted by molar-refractivity contribution is 7.87. The van der Waals surface area contributed by atoms with Crippen LogP contribution in [0.4, 0.5) is 0 Å². The van der Waals surface area contributed by atoms with Crippen molar-refractivity contribution in [3.63, 3.8) is 0 Å². The molecule has 3 aliphatic rings. The van der Waals surface area contributed by atoms with E-state index in [2.05, 4.69) is 10.0 Å². The Morgan fingerprint density at radius 3 is 2.67 bits per heavy atom. The molecule has 3 fully saturated rings. The zero-order chi connectivity index (χ0) is 14.7. The molecule has 2 atom stereocenters. The molecule has 21 heavy (non-hydrogen) atoms. The van der Waals surface area contributed by atoms with Gasteiger partial charge in [0.15, 0.2) is 0 Å². The van der Waals surface area contributed by atoms with Crippen LogP contribution in [0.2, 0.25) is 0 Å². The zero-order valence-electron chi connectivity index (χ0n) is 12.6. The lowest BCUT2D eigenvalue weighted by Crippen LogP contribution is -2.48. The van der Waals surface area contributed by atoms with Gasteiger partial charge in [-0.05, 0) is 50.5 Å². The monoisotopic (exact) mass is 317 g/mol. The fraction of sp³-hybridized carbons (Fsp3) is 1.00. The predicted octanol–water partition coefficient (Wildman–Crippen LogP) is 0.321. The quantitative estimate of drug-likeness (QED) is 0.709.